The van der Waals surface area contributed by atoms with Crippen molar-refractivity contribution in [1.29, 1.82) is 0 Å². The second-order valence-electron chi connectivity index (χ2n) is 4.72. The van der Waals surface area contributed by atoms with Gasteiger partial charge in [-0.05, 0) is 17.7 Å². The third kappa shape index (κ3) is 3.35. The Morgan fingerprint density at radius 2 is 1.70 bits per heavy atom. The molecule has 2 aromatic carbocycles. The minimum atomic E-state index is -0.300. The number of carbonyl (C=O) groups is 1. The summed E-state index contributed by atoms with van der Waals surface area (Å²) in [6, 6.07) is 13.7. The van der Waals surface area contributed by atoms with Gasteiger partial charge in [0.1, 0.15) is 5.82 Å². The quantitative estimate of drug-likeness (QED) is 0.870. The molecule has 0 spiro atoms. The van der Waals surface area contributed by atoms with Crippen LogP contribution < -0.4 is 5.73 Å². The minimum absolute atomic E-state index is 0.0915. The minimum Gasteiger partial charge on any atom is -0.398 e. The van der Waals surface area contributed by atoms with E-state index in [1.54, 1.807) is 31.3 Å². The average Bonchev–Trinajstić information content (AvgIpc) is 2.43. The molecule has 0 bridgehead atoms. The first-order valence-electron chi connectivity index (χ1n) is 6.38. The van der Waals surface area contributed by atoms with Gasteiger partial charge in [-0.1, -0.05) is 36.4 Å². The molecule has 0 aliphatic heterocycles. The first kappa shape index (κ1) is 14.1. The fourth-order valence-electron chi connectivity index (χ4n) is 1.96. The summed E-state index contributed by atoms with van der Waals surface area (Å²) in [5.41, 5.74) is 7.71. The van der Waals surface area contributed by atoms with E-state index in [0.717, 1.165) is 5.56 Å². The van der Waals surface area contributed by atoms with E-state index >= 15 is 0 Å². The molecule has 2 rings (SSSR count). The van der Waals surface area contributed by atoms with Crippen LogP contribution in [0.5, 0.6) is 0 Å². The van der Waals surface area contributed by atoms with Crippen molar-refractivity contribution in [2.24, 2.45) is 0 Å². The maximum atomic E-state index is 13.5. The number of hydrogen-bond acceptors (Lipinski definition) is 2. The number of rotatable bonds is 4. The van der Waals surface area contributed by atoms with Gasteiger partial charge in [0.05, 0.1) is 6.42 Å². The average molecular weight is 272 g/mol. The van der Waals surface area contributed by atoms with Crippen molar-refractivity contribution >= 4 is 11.6 Å². The highest BCUT2D eigenvalue weighted by atomic mass is 19.1. The van der Waals surface area contributed by atoms with E-state index in [2.05, 4.69) is 0 Å². The molecule has 0 heterocycles. The fourth-order valence-corrected chi connectivity index (χ4v) is 1.96. The molecule has 2 aromatic rings. The van der Waals surface area contributed by atoms with E-state index in [1.807, 2.05) is 18.2 Å². The third-order valence-corrected chi connectivity index (χ3v) is 3.19. The monoisotopic (exact) mass is 272 g/mol. The summed E-state index contributed by atoms with van der Waals surface area (Å²) in [7, 11) is 1.66. The maximum Gasteiger partial charge on any atom is 0.227 e. The standard InChI is InChI=1S/C16H17FN2O/c1-19(11-13-7-2-4-8-14(13)17)16(20)10-12-6-3-5-9-15(12)18/h2-9H,10-11,18H2,1H3. The molecule has 20 heavy (non-hydrogen) atoms. The summed E-state index contributed by atoms with van der Waals surface area (Å²) in [6.45, 7) is 0.248. The first-order chi connectivity index (χ1) is 9.58. The summed E-state index contributed by atoms with van der Waals surface area (Å²) >= 11 is 0. The van der Waals surface area contributed by atoms with Crippen LogP contribution in [0.2, 0.25) is 0 Å². The maximum absolute atomic E-state index is 13.5. The number of carbonyl (C=O) groups excluding carboxylic acids is 1. The molecule has 0 unspecified atom stereocenters. The van der Waals surface area contributed by atoms with Crippen LogP contribution in [-0.2, 0) is 17.8 Å². The Balaban J connectivity index is 2.03. The van der Waals surface area contributed by atoms with Gasteiger partial charge in [-0.25, -0.2) is 4.39 Å². The van der Waals surface area contributed by atoms with Crippen LogP contribution in [0.15, 0.2) is 48.5 Å². The van der Waals surface area contributed by atoms with Crippen molar-refractivity contribution in [2.45, 2.75) is 13.0 Å². The lowest BCUT2D eigenvalue weighted by Crippen LogP contribution is -2.28. The van der Waals surface area contributed by atoms with Gasteiger partial charge in [-0.2, -0.15) is 0 Å². The zero-order chi connectivity index (χ0) is 14.5. The Morgan fingerprint density at radius 3 is 2.35 bits per heavy atom. The Morgan fingerprint density at radius 1 is 1.10 bits per heavy atom. The van der Waals surface area contributed by atoms with Crippen LogP contribution in [-0.4, -0.2) is 17.9 Å². The van der Waals surface area contributed by atoms with Crippen molar-refractivity contribution in [1.82, 2.24) is 4.90 Å². The molecule has 0 saturated carbocycles. The Kier molecular flexibility index (Phi) is 4.35. The van der Waals surface area contributed by atoms with Crippen LogP contribution in [0.3, 0.4) is 0 Å². The van der Waals surface area contributed by atoms with E-state index in [-0.39, 0.29) is 24.7 Å². The molecule has 3 nitrogen and oxygen atoms in total. The second-order valence-corrected chi connectivity index (χ2v) is 4.72. The summed E-state index contributed by atoms with van der Waals surface area (Å²) < 4.78 is 13.5. The van der Waals surface area contributed by atoms with E-state index in [4.69, 9.17) is 5.73 Å². The normalized spacial score (nSPS) is 10.3. The molecule has 0 fully saturated rings. The zero-order valence-corrected chi connectivity index (χ0v) is 11.3. The van der Waals surface area contributed by atoms with Gasteiger partial charge in [0.15, 0.2) is 0 Å². The first-order valence-corrected chi connectivity index (χ1v) is 6.38. The molecule has 0 saturated heterocycles. The topological polar surface area (TPSA) is 46.3 Å². The van der Waals surface area contributed by atoms with E-state index in [0.29, 0.717) is 11.3 Å². The second kappa shape index (κ2) is 6.19. The number of hydrogen-bond donors (Lipinski definition) is 1. The summed E-state index contributed by atoms with van der Waals surface area (Å²) in [6.07, 6.45) is 0.220. The molecule has 1 amide bonds. The Bertz CT molecular complexity index is 613. The summed E-state index contributed by atoms with van der Waals surface area (Å²) in [5, 5.41) is 0. The smallest absolute Gasteiger partial charge is 0.227 e. The van der Waals surface area contributed by atoms with Gasteiger partial charge >= 0.3 is 0 Å². The van der Waals surface area contributed by atoms with Crippen molar-refractivity contribution < 1.29 is 9.18 Å². The lowest BCUT2D eigenvalue weighted by Gasteiger charge is -2.18. The molecule has 2 N–H and O–H groups in total. The molecule has 0 aliphatic carbocycles. The Hall–Kier alpha value is -2.36. The lowest BCUT2D eigenvalue weighted by molar-refractivity contribution is -0.129. The molecule has 0 radical (unpaired) electrons. The highest BCUT2D eigenvalue weighted by Crippen LogP contribution is 2.14. The number of benzene rings is 2. The lowest BCUT2D eigenvalue weighted by atomic mass is 10.1. The van der Waals surface area contributed by atoms with E-state index in [9.17, 15) is 9.18 Å². The number of likely N-dealkylation sites (N-methyl/N-ethyl adjacent to an activating group) is 1. The van der Waals surface area contributed by atoms with Crippen LogP contribution in [0.25, 0.3) is 0 Å². The van der Waals surface area contributed by atoms with Crippen molar-refractivity contribution in [3.63, 3.8) is 0 Å². The molecule has 0 aliphatic rings. The van der Waals surface area contributed by atoms with Gasteiger partial charge < -0.3 is 10.6 Å². The van der Waals surface area contributed by atoms with Crippen LogP contribution in [0, 0.1) is 5.82 Å². The van der Waals surface area contributed by atoms with Crippen LogP contribution in [0.1, 0.15) is 11.1 Å². The predicted octanol–water partition coefficient (Wildman–Crippen LogP) is 2.61. The van der Waals surface area contributed by atoms with E-state index in [1.165, 1.54) is 11.0 Å². The summed E-state index contributed by atoms with van der Waals surface area (Å²) in [4.78, 5) is 13.6. The fraction of sp³-hybridized carbons (Fsp3) is 0.188. The number of anilines is 1. The number of para-hydroxylation sites is 1. The van der Waals surface area contributed by atoms with Gasteiger partial charge in [0, 0.05) is 24.8 Å². The van der Waals surface area contributed by atoms with Crippen LogP contribution in [0.4, 0.5) is 10.1 Å². The molecular formula is C16H17FN2O. The number of halogens is 1. The third-order valence-electron chi connectivity index (χ3n) is 3.19. The highest BCUT2D eigenvalue weighted by molar-refractivity contribution is 5.80. The van der Waals surface area contributed by atoms with Gasteiger partial charge in [0.2, 0.25) is 5.91 Å². The zero-order valence-electron chi connectivity index (χ0n) is 11.3. The van der Waals surface area contributed by atoms with E-state index < -0.39 is 0 Å². The molecule has 0 aromatic heterocycles. The summed E-state index contributed by atoms with van der Waals surface area (Å²) in [5.74, 6) is -0.391. The largest absolute Gasteiger partial charge is 0.398 e. The molecule has 0 atom stereocenters. The Labute approximate surface area is 117 Å². The van der Waals surface area contributed by atoms with Crippen molar-refractivity contribution in [2.75, 3.05) is 12.8 Å². The predicted molar refractivity (Wildman–Crippen MR) is 77.4 cm³/mol. The van der Waals surface area contributed by atoms with Crippen molar-refractivity contribution in [3.8, 4) is 0 Å². The number of nitrogen functional groups attached to an aromatic ring is 1. The number of nitrogens with zero attached hydrogens (tertiary/aromatic N) is 1. The molecule has 104 valence electrons. The van der Waals surface area contributed by atoms with Gasteiger partial charge in [0.25, 0.3) is 0 Å². The van der Waals surface area contributed by atoms with Gasteiger partial charge in [-0.15, -0.1) is 0 Å². The highest BCUT2D eigenvalue weighted by Gasteiger charge is 2.13. The van der Waals surface area contributed by atoms with Crippen LogP contribution >= 0.6 is 0 Å². The molecule has 4 heteroatoms. The van der Waals surface area contributed by atoms with Gasteiger partial charge in [-0.3, -0.25) is 4.79 Å². The number of amides is 1. The SMILES string of the molecule is CN(Cc1ccccc1F)C(=O)Cc1ccccc1N. The number of nitrogens with two attached hydrogens (primary N) is 1. The van der Waals surface area contributed by atoms with Crippen molar-refractivity contribution in [3.05, 3.63) is 65.5 Å². The molecular weight excluding hydrogens is 255 g/mol.